The van der Waals surface area contributed by atoms with Crippen molar-refractivity contribution in [3.05, 3.63) is 215 Å². The first kappa shape index (κ1) is 29.9. The normalized spacial score (nSPS) is 14.7. The van der Waals surface area contributed by atoms with Crippen molar-refractivity contribution in [2.24, 2.45) is 0 Å². The van der Waals surface area contributed by atoms with Gasteiger partial charge < -0.3 is 4.90 Å². The first-order chi connectivity index (χ1) is 24.6. The van der Waals surface area contributed by atoms with Gasteiger partial charge in [0.25, 0.3) is 0 Å². The molecule has 1 aromatic heterocycles. The van der Waals surface area contributed by atoms with E-state index >= 15 is 0 Å². The fraction of sp³-hybridized carbons (Fsp3) is 0.0625. The van der Waals surface area contributed by atoms with Crippen molar-refractivity contribution >= 4 is 28.0 Å². The summed E-state index contributed by atoms with van der Waals surface area (Å²) in [5, 5.41) is 1.16. The van der Waals surface area contributed by atoms with Gasteiger partial charge in [0.05, 0.1) is 16.6 Å². The molecule has 1 heterocycles. The molecule has 0 fully saturated rings. The predicted molar refractivity (Wildman–Crippen MR) is 209 cm³/mol. The Morgan fingerprint density at radius 3 is 1.60 bits per heavy atom. The van der Waals surface area contributed by atoms with Gasteiger partial charge in [0.2, 0.25) is 0 Å². The molecule has 0 radical (unpaired) electrons. The molecule has 2 heteroatoms. The monoisotopic (exact) mass is 640 g/mol. The molecule has 238 valence electrons. The molecule has 0 N–H and O–H groups in total. The van der Waals surface area contributed by atoms with E-state index in [2.05, 4.69) is 201 Å². The quantitative estimate of drug-likeness (QED) is 0.180. The fourth-order valence-corrected chi connectivity index (χ4v) is 7.98. The zero-order valence-electron chi connectivity index (χ0n) is 28.2. The van der Waals surface area contributed by atoms with Gasteiger partial charge in [-0.3, -0.25) is 0 Å². The van der Waals surface area contributed by atoms with Crippen LogP contribution in [0.2, 0.25) is 0 Å². The van der Waals surface area contributed by atoms with Crippen molar-refractivity contribution in [2.75, 3.05) is 4.90 Å². The number of pyridine rings is 1. The van der Waals surface area contributed by atoms with Crippen LogP contribution in [0, 0.1) is 13.8 Å². The van der Waals surface area contributed by atoms with Crippen LogP contribution in [-0.2, 0) is 5.41 Å². The average Bonchev–Trinajstić information content (AvgIpc) is 3.47. The summed E-state index contributed by atoms with van der Waals surface area (Å²) >= 11 is 0. The van der Waals surface area contributed by atoms with Gasteiger partial charge in [-0.2, -0.15) is 0 Å². The van der Waals surface area contributed by atoms with Gasteiger partial charge >= 0.3 is 0 Å². The molecular weight excluding hydrogens is 605 g/mol. The Balaban J connectivity index is 1.34. The van der Waals surface area contributed by atoms with E-state index in [0.717, 1.165) is 33.7 Å². The summed E-state index contributed by atoms with van der Waals surface area (Å²) in [6, 6.07) is 66.2. The van der Waals surface area contributed by atoms with Gasteiger partial charge in [-0.15, -0.1) is 0 Å². The van der Waals surface area contributed by atoms with Crippen molar-refractivity contribution in [1.82, 2.24) is 4.98 Å². The average molecular weight is 641 g/mol. The summed E-state index contributed by atoms with van der Waals surface area (Å²) in [6.45, 7) is 4.27. The topological polar surface area (TPSA) is 16.1 Å². The molecule has 0 saturated carbocycles. The maximum absolute atomic E-state index is 5.46. The van der Waals surface area contributed by atoms with Crippen LogP contribution < -0.4 is 4.90 Å². The van der Waals surface area contributed by atoms with E-state index in [0.29, 0.717) is 0 Å². The van der Waals surface area contributed by atoms with Crippen LogP contribution in [0.25, 0.3) is 33.3 Å². The van der Waals surface area contributed by atoms with Gasteiger partial charge in [0.1, 0.15) is 0 Å². The standard InChI is InChI=1S/C48H36N2/c1-33-21-27-38(28-22-33)50(39-29-23-34(2)24-30-39)40-31-25-37(26-32-40)48(36-15-7-4-8-16-36)43-19-11-9-17-41(43)47-46(48)45(35-13-5-3-6-14-35)42-18-10-12-20-44(42)49-47/h3-32H,1-2H3. The van der Waals surface area contributed by atoms with Crippen LogP contribution in [0.1, 0.15) is 33.4 Å². The first-order valence-corrected chi connectivity index (χ1v) is 17.3. The summed E-state index contributed by atoms with van der Waals surface area (Å²) in [5.74, 6) is 0. The van der Waals surface area contributed by atoms with E-state index in [1.807, 2.05) is 0 Å². The highest BCUT2D eigenvalue weighted by molar-refractivity contribution is 6.04. The van der Waals surface area contributed by atoms with Crippen LogP contribution >= 0.6 is 0 Å². The number of nitrogens with zero attached hydrogens (tertiary/aromatic N) is 2. The van der Waals surface area contributed by atoms with Crippen LogP contribution in [-0.4, -0.2) is 4.98 Å². The SMILES string of the molecule is Cc1ccc(N(c2ccc(C)cc2)c2ccc(C3(c4ccccc4)c4ccccc4-c4nc5ccccc5c(-c5ccccc5)c43)cc2)cc1. The molecule has 0 saturated heterocycles. The molecule has 2 nitrogen and oxygen atoms in total. The van der Waals surface area contributed by atoms with Crippen LogP contribution in [0.15, 0.2) is 182 Å². The summed E-state index contributed by atoms with van der Waals surface area (Å²) in [6.07, 6.45) is 0. The van der Waals surface area contributed by atoms with Gasteiger partial charge in [0.15, 0.2) is 0 Å². The second-order valence-corrected chi connectivity index (χ2v) is 13.3. The Kier molecular flexibility index (Phi) is 7.17. The molecule has 1 unspecified atom stereocenters. The third-order valence-electron chi connectivity index (χ3n) is 10.3. The van der Waals surface area contributed by atoms with Gasteiger partial charge in [-0.1, -0.05) is 151 Å². The minimum atomic E-state index is -0.605. The Hall–Kier alpha value is -6.25. The third-order valence-corrected chi connectivity index (χ3v) is 10.3. The van der Waals surface area contributed by atoms with Crippen molar-refractivity contribution in [3.8, 4) is 22.4 Å². The zero-order valence-corrected chi connectivity index (χ0v) is 28.2. The molecule has 9 rings (SSSR count). The summed E-state index contributed by atoms with van der Waals surface area (Å²) in [7, 11) is 0. The van der Waals surface area contributed by atoms with Gasteiger partial charge in [-0.25, -0.2) is 4.98 Å². The number of hydrogen-bond acceptors (Lipinski definition) is 2. The van der Waals surface area contributed by atoms with E-state index in [9.17, 15) is 0 Å². The third kappa shape index (κ3) is 4.68. The summed E-state index contributed by atoms with van der Waals surface area (Å²) < 4.78 is 0. The first-order valence-electron chi connectivity index (χ1n) is 17.3. The van der Waals surface area contributed by atoms with Gasteiger partial charge in [0, 0.05) is 33.6 Å². The number of para-hydroxylation sites is 1. The zero-order chi connectivity index (χ0) is 33.7. The highest BCUT2D eigenvalue weighted by Crippen LogP contribution is 2.59. The highest BCUT2D eigenvalue weighted by Gasteiger charge is 2.49. The Morgan fingerprint density at radius 2 is 0.960 bits per heavy atom. The lowest BCUT2D eigenvalue weighted by molar-refractivity contribution is 0.770. The largest absolute Gasteiger partial charge is 0.311 e. The molecule has 1 aliphatic carbocycles. The van der Waals surface area contributed by atoms with Crippen LogP contribution in [0.3, 0.4) is 0 Å². The van der Waals surface area contributed by atoms with E-state index in [1.165, 1.54) is 50.1 Å². The number of hydrogen-bond donors (Lipinski definition) is 0. The highest BCUT2D eigenvalue weighted by atomic mass is 15.1. The molecular formula is C48H36N2. The second kappa shape index (κ2) is 12.0. The van der Waals surface area contributed by atoms with Crippen LogP contribution in [0.5, 0.6) is 0 Å². The van der Waals surface area contributed by atoms with Crippen molar-refractivity contribution in [2.45, 2.75) is 19.3 Å². The Labute approximate surface area is 294 Å². The molecule has 7 aromatic carbocycles. The van der Waals surface area contributed by atoms with Crippen molar-refractivity contribution in [1.29, 1.82) is 0 Å². The number of aromatic nitrogens is 1. The molecule has 8 aromatic rings. The minimum Gasteiger partial charge on any atom is -0.311 e. The molecule has 0 amide bonds. The minimum absolute atomic E-state index is 0.605. The summed E-state index contributed by atoms with van der Waals surface area (Å²) in [5.41, 5.74) is 15.8. The van der Waals surface area contributed by atoms with Crippen molar-refractivity contribution < 1.29 is 0 Å². The predicted octanol–water partition coefficient (Wildman–Crippen LogP) is 12.4. The summed E-state index contributed by atoms with van der Waals surface area (Å²) in [4.78, 5) is 7.81. The molecule has 0 spiro atoms. The lowest BCUT2D eigenvalue weighted by atomic mass is 9.66. The van der Waals surface area contributed by atoms with E-state index in [1.54, 1.807) is 0 Å². The number of rotatable bonds is 6. The Morgan fingerprint density at radius 1 is 0.460 bits per heavy atom. The number of aryl methyl sites for hydroxylation is 2. The second-order valence-electron chi connectivity index (χ2n) is 13.3. The number of fused-ring (bicyclic) bond motifs is 4. The maximum Gasteiger partial charge on any atom is 0.0767 e. The lowest BCUT2D eigenvalue weighted by Gasteiger charge is -2.36. The Bertz CT molecular complexity index is 2420. The van der Waals surface area contributed by atoms with E-state index in [-0.39, 0.29) is 0 Å². The van der Waals surface area contributed by atoms with Crippen molar-refractivity contribution in [3.63, 3.8) is 0 Å². The van der Waals surface area contributed by atoms with Crippen LogP contribution in [0.4, 0.5) is 17.1 Å². The smallest absolute Gasteiger partial charge is 0.0767 e. The molecule has 0 aliphatic heterocycles. The maximum atomic E-state index is 5.46. The molecule has 1 aliphatic rings. The fourth-order valence-electron chi connectivity index (χ4n) is 7.98. The number of benzene rings is 7. The lowest BCUT2D eigenvalue weighted by Crippen LogP contribution is -2.29. The van der Waals surface area contributed by atoms with E-state index in [4.69, 9.17) is 4.98 Å². The molecule has 1 atom stereocenters. The number of anilines is 3. The molecule has 0 bridgehead atoms. The molecule has 50 heavy (non-hydrogen) atoms. The van der Waals surface area contributed by atoms with E-state index < -0.39 is 5.41 Å². The van der Waals surface area contributed by atoms with Gasteiger partial charge in [-0.05, 0) is 84.1 Å².